The molecule has 3 fully saturated rings. The Morgan fingerprint density at radius 2 is 1.78 bits per heavy atom. The third-order valence-electron chi connectivity index (χ3n) is 8.12. The Labute approximate surface area is 224 Å². The predicted octanol–water partition coefficient (Wildman–Crippen LogP) is 3.40. The van der Waals surface area contributed by atoms with Crippen molar-refractivity contribution in [1.82, 2.24) is 4.90 Å². The number of amides is 3. The largest absolute Gasteiger partial charge is 0.394 e. The number of aryl methyl sites for hydroxylation is 2. The average molecular weight is 570 g/mol. The molecular formula is C28H32BrN3O5. The number of halogens is 1. The number of likely N-dealkylation sites (tertiary alicyclic amines) is 1. The number of carbonyl (C=O) groups is 3. The Balaban J connectivity index is 1.55. The number of para-hydroxylation sites is 2. The van der Waals surface area contributed by atoms with Crippen LogP contribution in [0.25, 0.3) is 0 Å². The van der Waals surface area contributed by atoms with Gasteiger partial charge in [-0.1, -0.05) is 59.3 Å². The highest BCUT2D eigenvalue weighted by molar-refractivity contribution is 9.09. The highest BCUT2D eigenvalue weighted by Crippen LogP contribution is 2.60. The number of aliphatic hydroxyl groups is 1. The van der Waals surface area contributed by atoms with E-state index in [2.05, 4.69) is 26.6 Å². The zero-order chi connectivity index (χ0) is 26.5. The van der Waals surface area contributed by atoms with Gasteiger partial charge in [0.25, 0.3) is 0 Å². The molecule has 3 N–H and O–H groups in total. The summed E-state index contributed by atoms with van der Waals surface area (Å²) in [6.07, 6.45) is 0.316. The van der Waals surface area contributed by atoms with Crippen molar-refractivity contribution in [2.75, 3.05) is 17.2 Å². The maximum atomic E-state index is 14.1. The van der Waals surface area contributed by atoms with Gasteiger partial charge < -0.3 is 25.4 Å². The van der Waals surface area contributed by atoms with Crippen molar-refractivity contribution in [2.24, 2.45) is 11.8 Å². The van der Waals surface area contributed by atoms with Crippen molar-refractivity contribution in [2.45, 2.75) is 62.2 Å². The highest BCUT2D eigenvalue weighted by Gasteiger charge is 2.77. The standard InChI is InChI=1S/C28H32BrN3O5/c1-4-18(14-33)32-24(26(35)31-22-15(2)9-8-10-16(22)3)28-13-19(29)23(37-28)20(21(28)27(32)36)25(34)30-17-11-6-5-7-12-17/h5-12,18-21,23-24,33H,4,13-14H2,1-3H3,(H,30,34)(H,31,35)/t18-,19?,20-,21-,23-,24?,28?/m0/s1. The Kier molecular flexibility index (Phi) is 6.89. The van der Waals surface area contributed by atoms with Gasteiger partial charge in [0.1, 0.15) is 11.6 Å². The summed E-state index contributed by atoms with van der Waals surface area (Å²) >= 11 is 3.68. The minimum atomic E-state index is -1.18. The fourth-order valence-electron chi connectivity index (χ4n) is 6.42. The molecule has 9 heteroatoms. The summed E-state index contributed by atoms with van der Waals surface area (Å²) in [5.74, 6) is -2.61. The number of fused-ring (bicyclic) bond motifs is 1. The van der Waals surface area contributed by atoms with Crippen LogP contribution in [0.2, 0.25) is 0 Å². The molecule has 196 valence electrons. The van der Waals surface area contributed by atoms with Gasteiger partial charge in [-0.25, -0.2) is 0 Å². The lowest BCUT2D eigenvalue weighted by Crippen LogP contribution is -2.56. The van der Waals surface area contributed by atoms with Gasteiger partial charge in [0.05, 0.1) is 30.6 Å². The highest BCUT2D eigenvalue weighted by atomic mass is 79.9. The second-order valence-corrected chi connectivity index (χ2v) is 11.4. The molecule has 2 aromatic carbocycles. The first-order valence-electron chi connectivity index (χ1n) is 12.7. The number of alkyl halides is 1. The van der Waals surface area contributed by atoms with Crippen molar-refractivity contribution in [3.8, 4) is 0 Å². The molecule has 3 saturated heterocycles. The lowest BCUT2D eigenvalue weighted by molar-refractivity contribution is -0.143. The molecule has 8 nitrogen and oxygen atoms in total. The molecule has 5 rings (SSSR count). The second-order valence-electron chi connectivity index (χ2n) is 10.3. The summed E-state index contributed by atoms with van der Waals surface area (Å²) in [5.41, 5.74) is 1.95. The number of nitrogens with zero attached hydrogens (tertiary/aromatic N) is 1. The molecule has 3 heterocycles. The van der Waals surface area contributed by atoms with Gasteiger partial charge in [0.15, 0.2) is 0 Å². The van der Waals surface area contributed by atoms with E-state index in [1.807, 2.05) is 57.2 Å². The molecule has 2 bridgehead atoms. The van der Waals surface area contributed by atoms with Crippen LogP contribution in [0.5, 0.6) is 0 Å². The number of ether oxygens (including phenoxy) is 1. The lowest BCUT2D eigenvalue weighted by Gasteiger charge is -2.36. The van der Waals surface area contributed by atoms with Crippen LogP contribution >= 0.6 is 15.9 Å². The van der Waals surface area contributed by atoms with E-state index in [9.17, 15) is 19.5 Å². The van der Waals surface area contributed by atoms with Crippen molar-refractivity contribution in [3.63, 3.8) is 0 Å². The summed E-state index contributed by atoms with van der Waals surface area (Å²) in [4.78, 5) is 43.0. The normalized spacial score (nSPS) is 30.8. The zero-order valence-corrected chi connectivity index (χ0v) is 22.7. The molecule has 1 spiro atoms. The van der Waals surface area contributed by atoms with Gasteiger partial charge in [-0.2, -0.15) is 0 Å². The molecular weight excluding hydrogens is 538 g/mol. The molecule has 0 aliphatic carbocycles. The van der Waals surface area contributed by atoms with Crippen molar-refractivity contribution >= 4 is 45.0 Å². The molecule has 0 aromatic heterocycles. The molecule has 37 heavy (non-hydrogen) atoms. The molecule has 3 aliphatic rings. The maximum absolute atomic E-state index is 14.1. The van der Waals surface area contributed by atoms with E-state index in [0.717, 1.165) is 11.1 Å². The van der Waals surface area contributed by atoms with Crippen molar-refractivity contribution < 1.29 is 24.2 Å². The molecule has 3 aliphatic heterocycles. The van der Waals surface area contributed by atoms with E-state index in [1.54, 1.807) is 12.1 Å². The maximum Gasteiger partial charge on any atom is 0.250 e. The Morgan fingerprint density at radius 1 is 1.11 bits per heavy atom. The fraction of sp³-hybridized carbons (Fsp3) is 0.464. The number of aliphatic hydroxyl groups excluding tert-OH is 1. The molecule has 3 unspecified atom stereocenters. The minimum absolute atomic E-state index is 0.201. The van der Waals surface area contributed by atoms with Gasteiger partial charge in [0, 0.05) is 16.2 Å². The second kappa shape index (κ2) is 9.85. The smallest absolute Gasteiger partial charge is 0.250 e. The van der Waals surface area contributed by atoms with E-state index < -0.39 is 35.6 Å². The summed E-state index contributed by atoms with van der Waals surface area (Å²) in [7, 11) is 0. The molecule has 0 radical (unpaired) electrons. The minimum Gasteiger partial charge on any atom is -0.394 e. The number of hydrogen-bond donors (Lipinski definition) is 3. The third kappa shape index (κ3) is 4.08. The first kappa shape index (κ1) is 25.9. The zero-order valence-electron chi connectivity index (χ0n) is 21.1. The SMILES string of the molecule is CC[C@@H](CO)N1C(=O)[C@@H]2[C@H](C(=O)Nc3ccccc3)[C@H]3OC2(CC3Br)C1C(=O)Nc1c(C)cccc1C. The third-order valence-corrected chi connectivity index (χ3v) is 8.97. The summed E-state index contributed by atoms with van der Waals surface area (Å²) in [5, 5.41) is 16.2. The van der Waals surface area contributed by atoms with E-state index in [1.165, 1.54) is 4.90 Å². The van der Waals surface area contributed by atoms with Crippen LogP contribution < -0.4 is 10.6 Å². The van der Waals surface area contributed by atoms with E-state index in [-0.39, 0.29) is 29.2 Å². The van der Waals surface area contributed by atoms with Gasteiger partial charge >= 0.3 is 0 Å². The molecule has 3 amide bonds. The number of benzene rings is 2. The summed E-state index contributed by atoms with van der Waals surface area (Å²) in [6.45, 7) is 5.41. The van der Waals surface area contributed by atoms with Crippen LogP contribution in [-0.4, -0.2) is 63.0 Å². The van der Waals surface area contributed by atoms with Crippen LogP contribution in [0.4, 0.5) is 11.4 Å². The van der Waals surface area contributed by atoms with Crippen molar-refractivity contribution in [1.29, 1.82) is 0 Å². The predicted molar refractivity (Wildman–Crippen MR) is 143 cm³/mol. The first-order valence-corrected chi connectivity index (χ1v) is 13.6. The number of anilines is 2. The van der Waals surface area contributed by atoms with Gasteiger partial charge in [-0.3, -0.25) is 14.4 Å². The van der Waals surface area contributed by atoms with Gasteiger partial charge in [-0.05, 0) is 49.9 Å². The topological polar surface area (TPSA) is 108 Å². The lowest BCUT2D eigenvalue weighted by atomic mass is 9.70. The fourth-order valence-corrected chi connectivity index (χ4v) is 7.37. The number of rotatable bonds is 7. The molecule has 2 aromatic rings. The Hall–Kier alpha value is -2.75. The van der Waals surface area contributed by atoms with Crippen LogP contribution in [0.3, 0.4) is 0 Å². The summed E-state index contributed by atoms with van der Waals surface area (Å²) in [6, 6.07) is 13.3. The van der Waals surface area contributed by atoms with E-state index in [0.29, 0.717) is 24.2 Å². The Bertz CT molecular complexity index is 1200. The van der Waals surface area contributed by atoms with E-state index >= 15 is 0 Å². The van der Waals surface area contributed by atoms with Crippen LogP contribution in [-0.2, 0) is 19.1 Å². The molecule has 0 saturated carbocycles. The van der Waals surface area contributed by atoms with Crippen molar-refractivity contribution in [3.05, 3.63) is 59.7 Å². The van der Waals surface area contributed by atoms with Gasteiger partial charge in [-0.15, -0.1) is 0 Å². The monoisotopic (exact) mass is 569 g/mol. The average Bonchev–Trinajstić information content (AvgIpc) is 3.47. The summed E-state index contributed by atoms with van der Waals surface area (Å²) < 4.78 is 6.53. The van der Waals surface area contributed by atoms with Crippen LogP contribution in [0.1, 0.15) is 30.9 Å². The quantitative estimate of drug-likeness (QED) is 0.443. The van der Waals surface area contributed by atoms with Gasteiger partial charge in [0.2, 0.25) is 17.7 Å². The number of carbonyl (C=O) groups excluding carboxylic acids is 3. The van der Waals surface area contributed by atoms with Crippen LogP contribution in [0, 0.1) is 25.7 Å². The number of nitrogens with one attached hydrogen (secondary N) is 2. The van der Waals surface area contributed by atoms with E-state index in [4.69, 9.17) is 4.74 Å². The number of hydrogen-bond acceptors (Lipinski definition) is 5. The molecule has 7 atom stereocenters. The Morgan fingerprint density at radius 3 is 2.41 bits per heavy atom. The van der Waals surface area contributed by atoms with Crippen LogP contribution in [0.15, 0.2) is 48.5 Å². The first-order chi connectivity index (χ1) is 17.7.